The zero-order valence-corrected chi connectivity index (χ0v) is 14.9. The number of nitrogens with zero attached hydrogens (tertiary/aromatic N) is 5. The van der Waals surface area contributed by atoms with Crippen LogP contribution in [0.2, 0.25) is 0 Å². The van der Waals surface area contributed by atoms with Gasteiger partial charge in [-0.25, -0.2) is 9.48 Å². The predicted molar refractivity (Wildman–Crippen MR) is 95.7 cm³/mol. The summed E-state index contributed by atoms with van der Waals surface area (Å²) in [5.41, 5.74) is 2.54. The summed E-state index contributed by atoms with van der Waals surface area (Å²) >= 11 is 0. The Labute approximate surface area is 147 Å². The normalized spacial score (nSPS) is 17.2. The molecule has 0 saturated carbocycles. The van der Waals surface area contributed by atoms with Gasteiger partial charge in [0.2, 0.25) is 0 Å². The number of tetrazole rings is 1. The first-order valence-corrected chi connectivity index (χ1v) is 8.63. The number of likely N-dealkylation sites (tertiary alicyclic amines) is 1. The smallest absolute Gasteiger partial charge is 0.319 e. The number of carbonyl (C=O) groups excluding carboxylic acids is 1. The van der Waals surface area contributed by atoms with Crippen LogP contribution in [0.5, 0.6) is 0 Å². The largest absolute Gasteiger partial charge is 0.335 e. The first-order chi connectivity index (χ1) is 12.0. The Kier molecular flexibility index (Phi) is 5.28. The molecule has 0 bridgehead atoms. The van der Waals surface area contributed by atoms with Crippen LogP contribution in [-0.4, -0.2) is 57.3 Å². The number of amides is 2. The molecule has 1 aromatic heterocycles. The maximum Gasteiger partial charge on any atom is 0.319 e. The number of aryl methyl sites for hydroxylation is 1. The fourth-order valence-corrected chi connectivity index (χ4v) is 3.18. The summed E-state index contributed by atoms with van der Waals surface area (Å²) in [6.07, 6.45) is 3.76. The Morgan fingerprint density at radius 3 is 2.76 bits per heavy atom. The summed E-state index contributed by atoms with van der Waals surface area (Å²) in [6, 6.07) is 5.69. The highest BCUT2D eigenvalue weighted by molar-refractivity contribution is 5.90. The number of urea groups is 1. The van der Waals surface area contributed by atoms with Crippen LogP contribution in [0.4, 0.5) is 10.5 Å². The second-order valence-corrected chi connectivity index (χ2v) is 6.78. The number of benzene rings is 1. The zero-order chi connectivity index (χ0) is 17.8. The van der Waals surface area contributed by atoms with E-state index in [0.717, 1.165) is 42.9 Å². The van der Waals surface area contributed by atoms with Gasteiger partial charge in [-0.2, -0.15) is 0 Å². The van der Waals surface area contributed by atoms with Crippen molar-refractivity contribution in [2.45, 2.75) is 32.7 Å². The van der Waals surface area contributed by atoms with Crippen LogP contribution in [0.25, 0.3) is 5.69 Å². The van der Waals surface area contributed by atoms with E-state index >= 15 is 0 Å². The lowest BCUT2D eigenvalue weighted by Gasteiger charge is -2.33. The first kappa shape index (κ1) is 17.3. The first-order valence-electron chi connectivity index (χ1n) is 8.63. The molecule has 2 aromatic rings. The van der Waals surface area contributed by atoms with Crippen molar-refractivity contribution >= 4 is 11.7 Å². The van der Waals surface area contributed by atoms with Gasteiger partial charge in [0.1, 0.15) is 6.33 Å². The molecule has 2 N–H and O–H groups in total. The molecule has 2 amide bonds. The highest BCUT2D eigenvalue weighted by Gasteiger charge is 2.23. The van der Waals surface area contributed by atoms with E-state index in [2.05, 4.69) is 45.0 Å². The van der Waals surface area contributed by atoms with Crippen molar-refractivity contribution < 1.29 is 4.79 Å². The summed E-state index contributed by atoms with van der Waals surface area (Å²) in [7, 11) is 2.14. The maximum atomic E-state index is 12.4. The van der Waals surface area contributed by atoms with Gasteiger partial charge < -0.3 is 15.5 Å². The van der Waals surface area contributed by atoms with Crippen LogP contribution < -0.4 is 10.6 Å². The SMILES string of the molecule is Cc1ccc(-n2cnnn2)cc1NC(=O)N[C@H](C)C1CCN(C)CC1. The Balaban J connectivity index is 1.61. The lowest BCUT2D eigenvalue weighted by molar-refractivity contribution is 0.189. The molecule has 1 aliphatic heterocycles. The van der Waals surface area contributed by atoms with Gasteiger partial charge in [0, 0.05) is 11.7 Å². The average molecular weight is 343 g/mol. The lowest BCUT2D eigenvalue weighted by Crippen LogP contribution is -2.44. The summed E-state index contributed by atoms with van der Waals surface area (Å²) in [5.74, 6) is 0.524. The van der Waals surface area contributed by atoms with E-state index in [4.69, 9.17) is 0 Å². The van der Waals surface area contributed by atoms with E-state index in [1.54, 1.807) is 4.68 Å². The molecule has 1 saturated heterocycles. The number of carbonyl (C=O) groups is 1. The minimum absolute atomic E-state index is 0.150. The fraction of sp³-hybridized carbons (Fsp3) is 0.529. The molecule has 1 atom stereocenters. The van der Waals surface area contributed by atoms with Gasteiger partial charge in [0.15, 0.2) is 0 Å². The highest BCUT2D eigenvalue weighted by Crippen LogP contribution is 2.21. The van der Waals surface area contributed by atoms with Crippen LogP contribution in [0.3, 0.4) is 0 Å². The van der Waals surface area contributed by atoms with Crippen LogP contribution in [-0.2, 0) is 0 Å². The van der Waals surface area contributed by atoms with Gasteiger partial charge in [-0.05, 0) is 80.9 Å². The molecule has 0 spiro atoms. The van der Waals surface area contributed by atoms with Crippen LogP contribution in [0.15, 0.2) is 24.5 Å². The van der Waals surface area contributed by atoms with Gasteiger partial charge in [-0.15, -0.1) is 5.10 Å². The van der Waals surface area contributed by atoms with Crippen molar-refractivity contribution in [1.29, 1.82) is 0 Å². The van der Waals surface area contributed by atoms with Crippen molar-refractivity contribution in [3.05, 3.63) is 30.1 Å². The number of hydrogen-bond acceptors (Lipinski definition) is 5. The second-order valence-electron chi connectivity index (χ2n) is 6.78. The number of rotatable bonds is 4. The third kappa shape index (κ3) is 4.33. The van der Waals surface area contributed by atoms with E-state index < -0.39 is 0 Å². The third-order valence-corrected chi connectivity index (χ3v) is 4.91. The van der Waals surface area contributed by atoms with Crippen molar-refractivity contribution in [3.8, 4) is 5.69 Å². The number of hydrogen-bond donors (Lipinski definition) is 2. The van der Waals surface area contributed by atoms with Gasteiger partial charge in [-0.1, -0.05) is 6.07 Å². The van der Waals surface area contributed by atoms with Gasteiger partial charge >= 0.3 is 6.03 Å². The standard InChI is InChI=1S/C17H25N7O/c1-12-4-5-15(24-11-18-21-22-24)10-16(12)20-17(25)19-13(2)14-6-8-23(3)9-7-14/h4-5,10-11,13-14H,6-9H2,1-3H3,(H2,19,20,25)/t13-/m1/s1. The van der Waals surface area contributed by atoms with E-state index in [9.17, 15) is 4.79 Å². The molecule has 2 heterocycles. The molecule has 1 aliphatic rings. The Morgan fingerprint density at radius 1 is 1.32 bits per heavy atom. The molecule has 0 unspecified atom stereocenters. The van der Waals surface area contributed by atoms with Gasteiger partial charge in [0.25, 0.3) is 0 Å². The number of nitrogens with one attached hydrogen (secondary N) is 2. The molecular formula is C17H25N7O. The van der Waals surface area contributed by atoms with Gasteiger partial charge in [-0.3, -0.25) is 0 Å². The van der Waals surface area contributed by atoms with Crippen LogP contribution in [0.1, 0.15) is 25.3 Å². The Hall–Kier alpha value is -2.48. The highest BCUT2D eigenvalue weighted by atomic mass is 16.2. The van der Waals surface area contributed by atoms with Crippen molar-refractivity contribution in [2.75, 3.05) is 25.5 Å². The topological polar surface area (TPSA) is 88.0 Å². The van der Waals surface area contributed by atoms with Crippen LogP contribution in [0, 0.1) is 12.8 Å². The predicted octanol–water partition coefficient (Wildman–Crippen LogP) is 1.82. The summed E-state index contributed by atoms with van der Waals surface area (Å²) < 4.78 is 1.56. The molecule has 134 valence electrons. The zero-order valence-electron chi connectivity index (χ0n) is 14.9. The molecule has 0 radical (unpaired) electrons. The van der Waals surface area contributed by atoms with Crippen molar-refractivity contribution in [3.63, 3.8) is 0 Å². The lowest BCUT2D eigenvalue weighted by atomic mass is 9.90. The minimum Gasteiger partial charge on any atom is -0.335 e. The second kappa shape index (κ2) is 7.60. The number of aromatic nitrogens is 4. The number of piperidine rings is 1. The van der Waals surface area contributed by atoms with Crippen molar-refractivity contribution in [1.82, 2.24) is 30.4 Å². The number of anilines is 1. The average Bonchev–Trinajstić information content (AvgIpc) is 3.12. The quantitative estimate of drug-likeness (QED) is 0.884. The third-order valence-electron chi connectivity index (χ3n) is 4.91. The van der Waals surface area contributed by atoms with E-state index in [1.165, 1.54) is 6.33 Å². The van der Waals surface area contributed by atoms with E-state index in [1.807, 2.05) is 25.1 Å². The molecule has 1 fully saturated rings. The van der Waals surface area contributed by atoms with Crippen LogP contribution >= 0.6 is 0 Å². The summed E-state index contributed by atoms with van der Waals surface area (Å²) in [6.45, 7) is 6.22. The maximum absolute atomic E-state index is 12.4. The van der Waals surface area contributed by atoms with E-state index in [0.29, 0.717) is 5.92 Å². The fourth-order valence-electron chi connectivity index (χ4n) is 3.18. The minimum atomic E-state index is -0.177. The summed E-state index contributed by atoms with van der Waals surface area (Å²) in [5, 5.41) is 17.2. The van der Waals surface area contributed by atoms with Gasteiger partial charge in [0.05, 0.1) is 5.69 Å². The molecule has 8 nitrogen and oxygen atoms in total. The van der Waals surface area contributed by atoms with E-state index in [-0.39, 0.29) is 12.1 Å². The molecule has 25 heavy (non-hydrogen) atoms. The molecular weight excluding hydrogens is 318 g/mol. The molecule has 8 heteroatoms. The Bertz CT molecular complexity index is 708. The monoisotopic (exact) mass is 343 g/mol. The molecule has 1 aromatic carbocycles. The van der Waals surface area contributed by atoms with Crippen molar-refractivity contribution in [2.24, 2.45) is 5.92 Å². The molecule has 0 aliphatic carbocycles. The summed E-state index contributed by atoms with van der Waals surface area (Å²) in [4.78, 5) is 14.7. The molecule has 3 rings (SSSR count). The Morgan fingerprint density at radius 2 is 2.08 bits per heavy atom.